The molecule has 164 valence electrons. The van der Waals surface area contributed by atoms with Crippen LogP contribution in [0.4, 0.5) is 8.78 Å². The molecule has 0 unspecified atom stereocenters. The van der Waals surface area contributed by atoms with Crippen molar-refractivity contribution in [1.82, 2.24) is 15.0 Å². The second kappa shape index (κ2) is 8.14. The second-order valence-electron chi connectivity index (χ2n) is 7.14. The van der Waals surface area contributed by atoms with Crippen LogP contribution in [0.2, 0.25) is 5.02 Å². The van der Waals surface area contributed by atoms with Crippen molar-refractivity contribution in [3.63, 3.8) is 0 Å². The molecule has 4 heterocycles. The van der Waals surface area contributed by atoms with E-state index >= 15 is 0 Å². The smallest absolute Gasteiger partial charge is 0.296 e. The fourth-order valence-electron chi connectivity index (χ4n) is 3.58. The number of aromatic amines is 1. The van der Waals surface area contributed by atoms with Crippen molar-refractivity contribution < 1.29 is 32.8 Å². The van der Waals surface area contributed by atoms with Gasteiger partial charge in [0.05, 0.1) is 24.3 Å². The number of aliphatic hydroxyl groups is 1. The Bertz CT molecular complexity index is 1130. The zero-order valence-electron chi connectivity index (χ0n) is 15.6. The first-order chi connectivity index (χ1) is 14.9. The number of halogens is 4. The van der Waals surface area contributed by atoms with Crippen LogP contribution in [0.3, 0.4) is 0 Å². The topological polar surface area (TPSA) is 98.7 Å². The second-order valence-corrected chi connectivity index (χ2v) is 8.47. The summed E-state index contributed by atoms with van der Waals surface area (Å²) in [6, 6.07) is 3.97. The van der Waals surface area contributed by atoms with E-state index in [-0.39, 0.29) is 45.8 Å². The first-order valence-electron chi connectivity index (χ1n) is 9.29. The van der Waals surface area contributed by atoms with Gasteiger partial charge in [-0.1, -0.05) is 27.5 Å². The van der Waals surface area contributed by atoms with E-state index in [0.717, 1.165) is 12.1 Å². The van der Waals surface area contributed by atoms with Crippen LogP contribution in [0, 0.1) is 11.6 Å². The van der Waals surface area contributed by atoms with Gasteiger partial charge in [0.15, 0.2) is 11.8 Å². The molecule has 0 saturated carbocycles. The average Bonchev–Trinajstić information content (AvgIpc) is 3.38. The minimum Gasteiger partial charge on any atom is -0.471 e. The van der Waals surface area contributed by atoms with Crippen molar-refractivity contribution >= 4 is 38.7 Å². The Kier molecular flexibility index (Phi) is 5.47. The summed E-state index contributed by atoms with van der Waals surface area (Å²) in [5.41, 5.74) is 0.479. The molecule has 2 aliphatic rings. The van der Waals surface area contributed by atoms with Crippen molar-refractivity contribution in [2.45, 2.75) is 31.0 Å². The Balaban J connectivity index is 1.33. The molecule has 0 bridgehead atoms. The van der Waals surface area contributed by atoms with Gasteiger partial charge < -0.3 is 29.0 Å². The van der Waals surface area contributed by atoms with E-state index in [4.69, 9.17) is 30.5 Å². The highest BCUT2D eigenvalue weighted by Crippen LogP contribution is 2.31. The summed E-state index contributed by atoms with van der Waals surface area (Å²) in [6.45, 7) is 0.0299. The van der Waals surface area contributed by atoms with Crippen LogP contribution in [0.1, 0.15) is 5.56 Å². The molecule has 2 aromatic heterocycles. The molecule has 2 N–H and O–H groups in total. The van der Waals surface area contributed by atoms with Crippen molar-refractivity contribution in [3.8, 4) is 11.9 Å². The van der Waals surface area contributed by atoms with E-state index in [1.807, 2.05) is 0 Å². The molecule has 8 nitrogen and oxygen atoms in total. The molecule has 2 aliphatic heterocycles. The Hall–Kier alpha value is -2.05. The first-order valence-corrected chi connectivity index (χ1v) is 10.5. The summed E-state index contributed by atoms with van der Waals surface area (Å²) in [4.78, 5) is 11.4. The number of H-pyrrole nitrogens is 1. The van der Waals surface area contributed by atoms with Crippen LogP contribution in [-0.4, -0.2) is 57.7 Å². The van der Waals surface area contributed by atoms with Crippen LogP contribution in [0.5, 0.6) is 11.9 Å². The number of nitrogens with one attached hydrogen (secondary N) is 1. The van der Waals surface area contributed by atoms with Gasteiger partial charge in [0.1, 0.15) is 41.6 Å². The van der Waals surface area contributed by atoms with E-state index in [9.17, 15) is 13.9 Å². The van der Waals surface area contributed by atoms with Gasteiger partial charge in [-0.05, 0) is 18.2 Å². The SMILES string of the molecule is O[C@@H]1CO[C@H]2[C@@H]1OC[C@H]2Oc1nc2nc(OCc3c(F)cc(Br)cc3F)c(Cl)cc2[nH]1. The molecule has 3 aromatic rings. The number of hydrogen-bond donors (Lipinski definition) is 2. The van der Waals surface area contributed by atoms with Gasteiger partial charge in [-0.25, -0.2) is 8.78 Å². The lowest BCUT2D eigenvalue weighted by atomic mass is 10.1. The summed E-state index contributed by atoms with van der Waals surface area (Å²) in [7, 11) is 0. The van der Waals surface area contributed by atoms with Gasteiger partial charge in [0.25, 0.3) is 6.01 Å². The number of hydrogen-bond acceptors (Lipinski definition) is 7. The lowest BCUT2D eigenvalue weighted by molar-refractivity contribution is 0.00706. The van der Waals surface area contributed by atoms with Crippen molar-refractivity contribution in [2.75, 3.05) is 13.2 Å². The third-order valence-corrected chi connectivity index (χ3v) is 5.81. The number of pyridine rings is 1. The van der Waals surface area contributed by atoms with Gasteiger partial charge in [0, 0.05) is 4.47 Å². The maximum atomic E-state index is 14.0. The molecule has 0 aliphatic carbocycles. The Morgan fingerprint density at radius 2 is 1.90 bits per heavy atom. The lowest BCUT2D eigenvalue weighted by Crippen LogP contribution is -2.34. The number of aromatic nitrogens is 3. The van der Waals surface area contributed by atoms with E-state index < -0.39 is 42.7 Å². The predicted octanol–water partition coefficient (Wildman–Crippen LogP) is 3.14. The van der Waals surface area contributed by atoms with E-state index in [0.29, 0.717) is 5.52 Å². The molecular formula is C19H15BrClF2N3O5. The third-order valence-electron chi connectivity index (χ3n) is 5.08. The van der Waals surface area contributed by atoms with E-state index in [1.165, 1.54) is 6.07 Å². The summed E-state index contributed by atoms with van der Waals surface area (Å²) in [5.74, 6) is -1.54. The normalized spacial score (nSPS) is 25.2. The summed E-state index contributed by atoms with van der Waals surface area (Å²) in [5, 5.41) is 9.95. The average molecular weight is 519 g/mol. The molecule has 0 radical (unpaired) electrons. The number of aliphatic hydroxyl groups excluding tert-OH is 1. The number of imidazole rings is 1. The third kappa shape index (κ3) is 3.96. The molecule has 0 spiro atoms. The van der Waals surface area contributed by atoms with Gasteiger partial charge in [0.2, 0.25) is 5.88 Å². The van der Waals surface area contributed by atoms with E-state index in [1.54, 1.807) is 0 Å². The molecule has 2 saturated heterocycles. The van der Waals surface area contributed by atoms with Gasteiger partial charge in [-0.15, -0.1) is 0 Å². The predicted molar refractivity (Wildman–Crippen MR) is 107 cm³/mol. The zero-order valence-corrected chi connectivity index (χ0v) is 18.0. The minimum absolute atomic E-state index is 0.0274. The fourth-order valence-corrected chi connectivity index (χ4v) is 4.18. The molecule has 12 heteroatoms. The minimum atomic E-state index is -0.754. The number of nitrogens with zero attached hydrogens (tertiary/aromatic N) is 2. The van der Waals surface area contributed by atoms with Crippen molar-refractivity contribution in [3.05, 3.63) is 44.9 Å². The van der Waals surface area contributed by atoms with Gasteiger partial charge in [-0.2, -0.15) is 9.97 Å². The number of fused-ring (bicyclic) bond motifs is 2. The molecule has 5 rings (SSSR count). The quantitative estimate of drug-likeness (QED) is 0.535. The molecule has 4 atom stereocenters. The molecular weight excluding hydrogens is 504 g/mol. The lowest BCUT2D eigenvalue weighted by Gasteiger charge is -2.15. The van der Waals surface area contributed by atoms with Crippen molar-refractivity contribution in [2.24, 2.45) is 0 Å². The monoisotopic (exact) mass is 517 g/mol. The molecule has 2 fully saturated rings. The van der Waals surface area contributed by atoms with E-state index in [2.05, 4.69) is 30.9 Å². The van der Waals surface area contributed by atoms with Crippen LogP contribution >= 0.6 is 27.5 Å². The standard InChI is InChI=1S/C19H15BrClF2N3O5/c20-7-1-10(22)8(11(23)2-7)4-30-18-9(21)3-12-17(25-18)26-19(24-12)31-14-6-29-15-13(27)5-28-16(14)15/h1-3,13-16,27H,4-6H2,(H,24,25,26)/t13-,14-,15-,16-/m1/s1. The first kappa shape index (κ1) is 20.8. The molecule has 31 heavy (non-hydrogen) atoms. The maximum absolute atomic E-state index is 14.0. The van der Waals surface area contributed by atoms with Gasteiger partial charge in [-0.3, -0.25) is 0 Å². The number of benzene rings is 1. The Morgan fingerprint density at radius 1 is 1.16 bits per heavy atom. The number of rotatable bonds is 5. The van der Waals surface area contributed by atoms with Gasteiger partial charge >= 0.3 is 0 Å². The Morgan fingerprint density at radius 3 is 2.68 bits per heavy atom. The summed E-state index contributed by atoms with van der Waals surface area (Å²) in [6.07, 6.45) is -1.96. The summed E-state index contributed by atoms with van der Waals surface area (Å²) >= 11 is 9.23. The highest BCUT2D eigenvalue weighted by molar-refractivity contribution is 9.10. The van der Waals surface area contributed by atoms with Crippen LogP contribution < -0.4 is 9.47 Å². The fraction of sp³-hybridized carbons (Fsp3) is 0.368. The van der Waals surface area contributed by atoms with Crippen molar-refractivity contribution in [1.29, 1.82) is 0 Å². The highest BCUT2D eigenvalue weighted by Gasteiger charge is 2.48. The molecule has 0 amide bonds. The highest BCUT2D eigenvalue weighted by atomic mass is 79.9. The zero-order chi connectivity index (χ0) is 21.7. The molecule has 1 aromatic carbocycles. The maximum Gasteiger partial charge on any atom is 0.296 e. The van der Waals surface area contributed by atoms with Crippen LogP contribution in [0.15, 0.2) is 22.7 Å². The largest absolute Gasteiger partial charge is 0.471 e. The van der Waals surface area contributed by atoms with Crippen LogP contribution in [0.25, 0.3) is 11.2 Å². The Labute approximate surface area is 187 Å². The van der Waals surface area contributed by atoms with Crippen LogP contribution in [-0.2, 0) is 16.1 Å². The summed E-state index contributed by atoms with van der Waals surface area (Å²) < 4.78 is 50.6. The number of ether oxygens (including phenoxy) is 4.